The molecule has 0 aromatic carbocycles. The van der Waals surface area contributed by atoms with Crippen molar-refractivity contribution in [1.82, 2.24) is 30.6 Å². The number of amides is 3. The highest BCUT2D eigenvalue weighted by atomic mass is 16.5. The standard InChI is InChI=1S/C29H42N6O10/c1-5-13-44-25(39)9-8-20(22(36)17-45-26(40)16-34-15-19(4)27(41)33-29(34)43)32-28(42)21-7-6-11-31-35(21)24(38)10-12-30-23(37)14-18(2)3/h5,15,18,20-21,31H,1,6-14,16-17H2,2-4H3,(H,30,37)(H,32,42)(H,33,41,43)/t20-,21-/m0/s1. The van der Waals surface area contributed by atoms with Crippen LogP contribution in [0.3, 0.4) is 0 Å². The Kier molecular flexibility index (Phi) is 14.9. The monoisotopic (exact) mass is 634 g/mol. The first-order valence-corrected chi connectivity index (χ1v) is 14.7. The molecule has 2 rings (SSSR count). The Bertz CT molecular complexity index is 1370. The van der Waals surface area contributed by atoms with E-state index in [9.17, 15) is 38.4 Å². The van der Waals surface area contributed by atoms with E-state index >= 15 is 0 Å². The van der Waals surface area contributed by atoms with Gasteiger partial charge in [-0.3, -0.25) is 48.1 Å². The fourth-order valence-electron chi connectivity index (χ4n) is 4.36. The van der Waals surface area contributed by atoms with Crippen molar-refractivity contribution in [3.05, 3.63) is 45.3 Å². The lowest BCUT2D eigenvalue weighted by molar-refractivity contribution is -0.151. The van der Waals surface area contributed by atoms with Gasteiger partial charge in [-0.1, -0.05) is 26.5 Å². The predicted molar refractivity (Wildman–Crippen MR) is 159 cm³/mol. The summed E-state index contributed by atoms with van der Waals surface area (Å²) in [6, 6.07) is -2.27. The lowest BCUT2D eigenvalue weighted by Gasteiger charge is -2.36. The van der Waals surface area contributed by atoms with Crippen LogP contribution in [0.15, 0.2) is 28.4 Å². The molecule has 4 N–H and O–H groups in total. The lowest BCUT2D eigenvalue weighted by atomic mass is 10.0. The minimum absolute atomic E-state index is 0.0479. The number of hydrazine groups is 1. The Morgan fingerprint density at radius 1 is 1.11 bits per heavy atom. The van der Waals surface area contributed by atoms with Crippen LogP contribution in [-0.4, -0.2) is 88.4 Å². The van der Waals surface area contributed by atoms with Crippen molar-refractivity contribution >= 4 is 35.4 Å². The Morgan fingerprint density at radius 3 is 2.53 bits per heavy atom. The molecular weight excluding hydrogens is 592 g/mol. The molecule has 1 aliphatic heterocycles. The van der Waals surface area contributed by atoms with E-state index in [1.54, 1.807) is 0 Å². The summed E-state index contributed by atoms with van der Waals surface area (Å²) < 4.78 is 10.9. The first-order valence-electron chi connectivity index (χ1n) is 14.7. The molecule has 248 valence electrons. The van der Waals surface area contributed by atoms with Gasteiger partial charge in [0, 0.05) is 44.1 Å². The van der Waals surface area contributed by atoms with Gasteiger partial charge in [0.15, 0.2) is 12.4 Å². The Labute approximate surface area is 259 Å². The highest BCUT2D eigenvalue weighted by molar-refractivity contribution is 5.94. The number of nitrogens with one attached hydrogen (secondary N) is 4. The predicted octanol–water partition coefficient (Wildman–Crippen LogP) is -1.00. The SMILES string of the molecule is C=CCOC(=O)CC[C@H](NC(=O)[C@@H]1CCCNN1C(=O)CCNC(=O)CC(C)C)C(=O)COC(=O)Cn1cc(C)c(=O)[nH]c1=O. The number of ketones is 1. The van der Waals surface area contributed by atoms with Gasteiger partial charge in [0.05, 0.1) is 6.04 Å². The molecule has 0 unspecified atom stereocenters. The average Bonchev–Trinajstić information content (AvgIpc) is 2.99. The van der Waals surface area contributed by atoms with E-state index in [0.717, 1.165) is 4.57 Å². The Hall–Kier alpha value is -4.60. The van der Waals surface area contributed by atoms with Crippen LogP contribution in [-0.2, 0) is 44.8 Å². The van der Waals surface area contributed by atoms with Crippen LogP contribution in [0.4, 0.5) is 0 Å². The van der Waals surface area contributed by atoms with E-state index in [1.807, 2.05) is 13.8 Å². The van der Waals surface area contributed by atoms with E-state index < -0.39 is 66.0 Å². The fourth-order valence-corrected chi connectivity index (χ4v) is 4.36. The van der Waals surface area contributed by atoms with Gasteiger partial charge in [-0.25, -0.2) is 10.2 Å². The summed E-state index contributed by atoms with van der Waals surface area (Å²) in [7, 11) is 0. The molecule has 2 atom stereocenters. The number of H-pyrrole nitrogens is 1. The summed E-state index contributed by atoms with van der Waals surface area (Å²) >= 11 is 0. The normalized spacial score (nSPS) is 15.1. The Balaban J connectivity index is 2.07. The third kappa shape index (κ3) is 12.5. The topological polar surface area (TPSA) is 215 Å². The number of Topliss-reactive ketones (excluding diaryl/α,β-unsaturated/α-hetero) is 1. The molecule has 2 heterocycles. The van der Waals surface area contributed by atoms with Crippen LogP contribution in [0.5, 0.6) is 0 Å². The van der Waals surface area contributed by atoms with Crippen molar-refractivity contribution in [3.63, 3.8) is 0 Å². The minimum atomic E-state index is -1.28. The summed E-state index contributed by atoms with van der Waals surface area (Å²) in [5.41, 5.74) is 1.64. The Morgan fingerprint density at radius 2 is 1.84 bits per heavy atom. The summed E-state index contributed by atoms with van der Waals surface area (Å²) in [6.07, 6.45) is 3.19. The van der Waals surface area contributed by atoms with Crippen molar-refractivity contribution in [2.75, 3.05) is 26.3 Å². The summed E-state index contributed by atoms with van der Waals surface area (Å²) in [5.74, 6) is -3.48. The second-order valence-electron chi connectivity index (χ2n) is 10.9. The minimum Gasteiger partial charge on any atom is -0.461 e. The molecule has 0 radical (unpaired) electrons. The third-order valence-electron chi connectivity index (χ3n) is 6.64. The number of nitrogens with zero attached hydrogens (tertiary/aromatic N) is 2. The molecule has 3 amide bonds. The van der Waals surface area contributed by atoms with Crippen LogP contribution in [0.2, 0.25) is 0 Å². The zero-order valence-corrected chi connectivity index (χ0v) is 25.8. The van der Waals surface area contributed by atoms with Gasteiger partial charge in [-0.2, -0.15) is 0 Å². The number of carbonyl (C=O) groups excluding carboxylic acids is 6. The van der Waals surface area contributed by atoms with Gasteiger partial charge in [0.1, 0.15) is 19.2 Å². The van der Waals surface area contributed by atoms with Crippen molar-refractivity contribution in [2.24, 2.45) is 5.92 Å². The molecule has 1 aliphatic rings. The van der Waals surface area contributed by atoms with Gasteiger partial charge in [-0.05, 0) is 32.1 Å². The molecule has 16 heteroatoms. The maximum atomic E-state index is 13.4. The number of aromatic amines is 1. The molecule has 1 fully saturated rings. The zero-order chi connectivity index (χ0) is 33.5. The molecule has 0 bridgehead atoms. The number of aromatic nitrogens is 2. The van der Waals surface area contributed by atoms with E-state index in [2.05, 4.69) is 27.6 Å². The van der Waals surface area contributed by atoms with Crippen LogP contribution in [0, 0.1) is 12.8 Å². The number of ether oxygens (including phenoxy) is 2. The average molecular weight is 635 g/mol. The van der Waals surface area contributed by atoms with Crippen LogP contribution in [0.1, 0.15) is 57.9 Å². The number of hydrogen-bond donors (Lipinski definition) is 4. The maximum Gasteiger partial charge on any atom is 0.328 e. The molecule has 0 spiro atoms. The summed E-state index contributed by atoms with van der Waals surface area (Å²) in [6.45, 7) is 7.79. The zero-order valence-electron chi connectivity index (χ0n) is 25.8. The molecule has 0 aliphatic carbocycles. The first kappa shape index (κ1) is 36.6. The van der Waals surface area contributed by atoms with Gasteiger partial charge >= 0.3 is 17.6 Å². The molecule has 16 nitrogen and oxygen atoms in total. The molecule has 0 saturated carbocycles. The van der Waals surface area contributed by atoms with Crippen molar-refractivity contribution in [1.29, 1.82) is 0 Å². The maximum absolute atomic E-state index is 13.4. The highest BCUT2D eigenvalue weighted by Crippen LogP contribution is 2.14. The summed E-state index contributed by atoms with van der Waals surface area (Å²) in [4.78, 5) is 101. The smallest absolute Gasteiger partial charge is 0.328 e. The van der Waals surface area contributed by atoms with Crippen LogP contribution in [0.25, 0.3) is 0 Å². The summed E-state index contributed by atoms with van der Waals surface area (Å²) in [5, 5.41) is 6.42. The van der Waals surface area contributed by atoms with E-state index in [-0.39, 0.29) is 56.2 Å². The largest absolute Gasteiger partial charge is 0.461 e. The van der Waals surface area contributed by atoms with Gasteiger partial charge in [-0.15, -0.1) is 0 Å². The highest BCUT2D eigenvalue weighted by Gasteiger charge is 2.34. The molecule has 1 aromatic rings. The molecule has 1 aromatic heterocycles. The third-order valence-corrected chi connectivity index (χ3v) is 6.64. The lowest BCUT2D eigenvalue weighted by Crippen LogP contribution is -2.60. The second kappa shape index (κ2) is 18.3. The van der Waals surface area contributed by atoms with Gasteiger partial charge in [0.2, 0.25) is 17.7 Å². The fraction of sp³-hybridized carbons (Fsp3) is 0.586. The van der Waals surface area contributed by atoms with Gasteiger partial charge in [0.25, 0.3) is 5.56 Å². The number of carbonyl (C=O) groups is 6. The van der Waals surface area contributed by atoms with E-state index in [1.165, 1.54) is 24.2 Å². The van der Waals surface area contributed by atoms with Crippen LogP contribution >= 0.6 is 0 Å². The van der Waals surface area contributed by atoms with E-state index in [0.29, 0.717) is 19.4 Å². The number of aryl methyl sites for hydroxylation is 1. The number of rotatable bonds is 17. The van der Waals surface area contributed by atoms with Crippen LogP contribution < -0.4 is 27.3 Å². The number of hydrogen-bond acceptors (Lipinski definition) is 11. The second-order valence-corrected chi connectivity index (χ2v) is 10.9. The quantitative estimate of drug-likeness (QED) is 0.120. The van der Waals surface area contributed by atoms with Crippen molar-refractivity contribution in [3.8, 4) is 0 Å². The number of esters is 2. The molecule has 45 heavy (non-hydrogen) atoms. The first-order chi connectivity index (χ1) is 21.3. The van der Waals surface area contributed by atoms with Gasteiger partial charge < -0.3 is 20.1 Å². The molecular formula is C29H42N6O10. The molecule has 1 saturated heterocycles. The van der Waals surface area contributed by atoms with Crippen molar-refractivity contribution < 1.29 is 38.2 Å². The van der Waals surface area contributed by atoms with E-state index in [4.69, 9.17) is 9.47 Å². The van der Waals surface area contributed by atoms with Crippen molar-refractivity contribution in [2.45, 2.75) is 77.9 Å².